The predicted octanol–water partition coefficient (Wildman–Crippen LogP) is 0.770. The second kappa shape index (κ2) is 6.29. The lowest BCUT2D eigenvalue weighted by atomic mass is 9.86. The summed E-state index contributed by atoms with van der Waals surface area (Å²) in [6.07, 6.45) is 2.33. The zero-order chi connectivity index (χ0) is 16.4. The number of aliphatic carboxylic acids is 1. The average Bonchev–Trinajstić information content (AvgIpc) is 2.46. The summed E-state index contributed by atoms with van der Waals surface area (Å²) < 4.78 is 1.17. The number of carboxylic acids is 1. The van der Waals surface area contributed by atoms with Crippen molar-refractivity contribution in [1.29, 1.82) is 0 Å². The lowest BCUT2D eigenvalue weighted by Gasteiger charge is -2.27. The summed E-state index contributed by atoms with van der Waals surface area (Å²) in [5.74, 6) is -1.51. The fourth-order valence-corrected chi connectivity index (χ4v) is 2.86. The maximum Gasteiger partial charge on any atom is 0.306 e. The van der Waals surface area contributed by atoms with Crippen molar-refractivity contribution in [2.45, 2.75) is 45.6 Å². The first-order valence-electron chi connectivity index (χ1n) is 7.39. The molecule has 0 aromatic carbocycles. The Balaban J connectivity index is 2.11. The van der Waals surface area contributed by atoms with Crippen molar-refractivity contribution in [2.24, 2.45) is 13.0 Å². The first kappa shape index (κ1) is 16.2. The van der Waals surface area contributed by atoms with Gasteiger partial charge in [-0.25, -0.2) is 4.68 Å². The van der Waals surface area contributed by atoms with E-state index in [-0.39, 0.29) is 17.5 Å². The molecule has 22 heavy (non-hydrogen) atoms. The third-order valence-corrected chi connectivity index (χ3v) is 4.36. The SMILES string of the molecule is Cc1nn(C)c(=O)c(C(=O)NC2CCC(C(=O)O)CC2)c1C. The number of rotatable bonds is 3. The summed E-state index contributed by atoms with van der Waals surface area (Å²) in [7, 11) is 1.52. The molecule has 1 heterocycles. The molecule has 1 saturated carbocycles. The van der Waals surface area contributed by atoms with Gasteiger partial charge in [0.2, 0.25) is 0 Å². The zero-order valence-electron chi connectivity index (χ0n) is 13.0. The van der Waals surface area contributed by atoms with E-state index in [4.69, 9.17) is 5.11 Å². The van der Waals surface area contributed by atoms with Crippen LogP contribution in [0.5, 0.6) is 0 Å². The molecule has 0 atom stereocenters. The molecule has 0 bridgehead atoms. The molecule has 0 spiro atoms. The van der Waals surface area contributed by atoms with Gasteiger partial charge in [0, 0.05) is 13.1 Å². The molecule has 0 unspecified atom stereocenters. The molecule has 1 aromatic heterocycles. The van der Waals surface area contributed by atoms with Crippen molar-refractivity contribution in [3.8, 4) is 0 Å². The Morgan fingerprint density at radius 2 is 1.82 bits per heavy atom. The summed E-state index contributed by atoms with van der Waals surface area (Å²) in [6, 6.07) is -0.0827. The van der Waals surface area contributed by atoms with Crippen LogP contribution in [0.1, 0.15) is 47.3 Å². The van der Waals surface area contributed by atoms with Gasteiger partial charge >= 0.3 is 5.97 Å². The first-order chi connectivity index (χ1) is 10.3. The predicted molar refractivity (Wildman–Crippen MR) is 79.8 cm³/mol. The fourth-order valence-electron chi connectivity index (χ4n) is 2.86. The van der Waals surface area contributed by atoms with Gasteiger partial charge < -0.3 is 10.4 Å². The highest BCUT2D eigenvalue weighted by Crippen LogP contribution is 2.24. The highest BCUT2D eigenvalue weighted by atomic mass is 16.4. The Morgan fingerprint density at radius 3 is 2.36 bits per heavy atom. The van der Waals surface area contributed by atoms with Crippen LogP contribution < -0.4 is 10.9 Å². The van der Waals surface area contributed by atoms with Crippen LogP contribution in [-0.4, -0.2) is 32.8 Å². The Morgan fingerprint density at radius 1 is 1.23 bits per heavy atom. The maximum absolute atomic E-state index is 12.4. The second-order valence-electron chi connectivity index (χ2n) is 5.87. The van der Waals surface area contributed by atoms with Gasteiger partial charge in [-0.15, -0.1) is 0 Å². The van der Waals surface area contributed by atoms with Crippen molar-refractivity contribution in [1.82, 2.24) is 15.1 Å². The van der Waals surface area contributed by atoms with Gasteiger partial charge in [-0.05, 0) is 45.1 Å². The molecule has 7 heteroatoms. The summed E-state index contributed by atoms with van der Waals surface area (Å²) in [5, 5.41) is 15.9. The monoisotopic (exact) mass is 307 g/mol. The highest BCUT2D eigenvalue weighted by molar-refractivity contribution is 5.95. The molecule has 7 nitrogen and oxygen atoms in total. The molecule has 120 valence electrons. The summed E-state index contributed by atoms with van der Waals surface area (Å²) in [5.41, 5.74) is 0.928. The Labute approximate surface area is 128 Å². The van der Waals surface area contributed by atoms with E-state index >= 15 is 0 Å². The van der Waals surface area contributed by atoms with Crippen molar-refractivity contribution < 1.29 is 14.7 Å². The molecule has 1 fully saturated rings. The Kier molecular flexibility index (Phi) is 4.63. The number of carbonyl (C=O) groups is 2. The summed E-state index contributed by atoms with van der Waals surface area (Å²) >= 11 is 0. The molecule has 1 aliphatic rings. The lowest BCUT2D eigenvalue weighted by Crippen LogP contribution is -2.42. The van der Waals surface area contributed by atoms with Crippen molar-refractivity contribution in [3.05, 3.63) is 27.2 Å². The van der Waals surface area contributed by atoms with Crippen LogP contribution in [0.4, 0.5) is 0 Å². The first-order valence-corrected chi connectivity index (χ1v) is 7.39. The van der Waals surface area contributed by atoms with Gasteiger partial charge in [0.05, 0.1) is 11.6 Å². The number of nitrogens with zero attached hydrogens (tertiary/aromatic N) is 2. The molecular weight excluding hydrogens is 286 g/mol. The molecule has 0 saturated heterocycles. The molecule has 2 N–H and O–H groups in total. The van der Waals surface area contributed by atoms with E-state index in [0.717, 1.165) is 0 Å². The van der Waals surface area contributed by atoms with E-state index in [1.807, 2.05) is 0 Å². The van der Waals surface area contributed by atoms with E-state index in [9.17, 15) is 14.4 Å². The van der Waals surface area contributed by atoms with Gasteiger partial charge in [0.25, 0.3) is 11.5 Å². The standard InChI is InChI=1S/C15H21N3O4/c1-8-9(2)17-18(3)14(20)12(8)13(19)16-11-6-4-10(5-7-11)15(21)22/h10-11H,4-7H2,1-3H3,(H,16,19)(H,21,22). The molecule has 1 amide bonds. The number of nitrogens with one attached hydrogen (secondary N) is 1. The van der Waals surface area contributed by atoms with Crippen LogP contribution in [0.25, 0.3) is 0 Å². The van der Waals surface area contributed by atoms with Gasteiger partial charge in [-0.3, -0.25) is 14.4 Å². The molecule has 0 aliphatic heterocycles. The van der Waals surface area contributed by atoms with Crippen molar-refractivity contribution in [3.63, 3.8) is 0 Å². The largest absolute Gasteiger partial charge is 0.481 e. The van der Waals surface area contributed by atoms with Gasteiger partial charge in [0.1, 0.15) is 5.56 Å². The molecule has 0 radical (unpaired) electrons. The maximum atomic E-state index is 12.4. The Bertz CT molecular complexity index is 657. The average molecular weight is 307 g/mol. The lowest BCUT2D eigenvalue weighted by molar-refractivity contribution is -0.142. The van der Waals surface area contributed by atoms with Crippen LogP contribution in [-0.2, 0) is 11.8 Å². The van der Waals surface area contributed by atoms with Crippen LogP contribution in [0.3, 0.4) is 0 Å². The summed E-state index contributed by atoms with van der Waals surface area (Å²) in [6.45, 7) is 3.46. The normalized spacial score (nSPS) is 21.4. The quantitative estimate of drug-likeness (QED) is 0.859. The minimum atomic E-state index is -0.778. The smallest absolute Gasteiger partial charge is 0.306 e. The summed E-state index contributed by atoms with van der Waals surface area (Å²) in [4.78, 5) is 35.5. The molecule has 1 aromatic rings. The number of aryl methyl sites for hydroxylation is 2. The fraction of sp³-hybridized carbons (Fsp3) is 0.600. The second-order valence-corrected chi connectivity index (χ2v) is 5.87. The van der Waals surface area contributed by atoms with Gasteiger partial charge in [0.15, 0.2) is 0 Å². The van der Waals surface area contributed by atoms with Crippen LogP contribution in [0.2, 0.25) is 0 Å². The third-order valence-electron chi connectivity index (χ3n) is 4.36. The highest BCUT2D eigenvalue weighted by Gasteiger charge is 2.28. The van der Waals surface area contributed by atoms with Crippen LogP contribution >= 0.6 is 0 Å². The number of carbonyl (C=O) groups excluding carboxylic acids is 1. The van der Waals surface area contributed by atoms with Gasteiger partial charge in [-0.1, -0.05) is 0 Å². The zero-order valence-corrected chi connectivity index (χ0v) is 13.0. The van der Waals surface area contributed by atoms with E-state index in [1.54, 1.807) is 13.8 Å². The van der Waals surface area contributed by atoms with Crippen molar-refractivity contribution >= 4 is 11.9 Å². The van der Waals surface area contributed by atoms with E-state index in [0.29, 0.717) is 36.9 Å². The molecule has 2 rings (SSSR count). The van der Waals surface area contributed by atoms with Crippen LogP contribution in [0.15, 0.2) is 4.79 Å². The van der Waals surface area contributed by atoms with Crippen molar-refractivity contribution in [2.75, 3.05) is 0 Å². The van der Waals surface area contributed by atoms with Gasteiger partial charge in [-0.2, -0.15) is 5.10 Å². The molecular formula is C15H21N3O4. The number of hydrogen-bond donors (Lipinski definition) is 2. The van der Waals surface area contributed by atoms with Crippen LogP contribution in [0, 0.1) is 19.8 Å². The minimum Gasteiger partial charge on any atom is -0.481 e. The number of aromatic nitrogens is 2. The molecule has 1 aliphatic carbocycles. The van der Waals surface area contributed by atoms with E-state index in [2.05, 4.69) is 10.4 Å². The topological polar surface area (TPSA) is 101 Å². The third kappa shape index (κ3) is 3.18. The number of carboxylic acid groups (broad SMARTS) is 1. The Hall–Kier alpha value is -2.18. The van der Waals surface area contributed by atoms with E-state index < -0.39 is 17.4 Å². The van der Waals surface area contributed by atoms with E-state index in [1.165, 1.54) is 11.7 Å². The minimum absolute atomic E-state index is 0.0827. The number of hydrogen-bond acceptors (Lipinski definition) is 4. The number of amides is 1.